The van der Waals surface area contributed by atoms with Gasteiger partial charge in [0.2, 0.25) is 5.91 Å². The van der Waals surface area contributed by atoms with Gasteiger partial charge in [-0.2, -0.15) is 0 Å². The number of nitrogens with zero attached hydrogens (tertiary/aromatic N) is 1. The normalized spacial score (nSPS) is 33.6. The first-order chi connectivity index (χ1) is 13.3. The molecule has 140 valence electrons. The van der Waals surface area contributed by atoms with Gasteiger partial charge in [0.1, 0.15) is 0 Å². The van der Waals surface area contributed by atoms with E-state index < -0.39 is 0 Å². The lowest BCUT2D eigenvalue weighted by atomic mass is 9.61. The first kappa shape index (κ1) is 17.0. The predicted octanol–water partition coefficient (Wildman–Crippen LogP) is 3.93. The van der Waals surface area contributed by atoms with Crippen LogP contribution in [0.25, 0.3) is 0 Å². The zero-order valence-corrected chi connectivity index (χ0v) is 15.8. The number of benzene rings is 2. The van der Waals surface area contributed by atoms with Crippen molar-refractivity contribution in [1.29, 1.82) is 0 Å². The summed E-state index contributed by atoms with van der Waals surface area (Å²) in [6, 6.07) is 21.5. The maximum absolute atomic E-state index is 13.3. The quantitative estimate of drug-likeness (QED) is 0.899. The number of amides is 1. The van der Waals surface area contributed by atoms with Crippen molar-refractivity contribution in [3.63, 3.8) is 0 Å². The molecule has 1 saturated carbocycles. The minimum absolute atomic E-state index is 0.0213. The number of likely N-dealkylation sites (tertiary alicyclic amines) is 1. The van der Waals surface area contributed by atoms with Gasteiger partial charge in [0.15, 0.2) is 0 Å². The van der Waals surface area contributed by atoms with Crippen LogP contribution in [0.4, 0.5) is 0 Å². The molecular weight excluding hydrogens is 332 g/mol. The number of hydrogen-bond acceptors (Lipinski definition) is 2. The topological polar surface area (TPSA) is 32.3 Å². The minimum atomic E-state index is 0.0213. The van der Waals surface area contributed by atoms with Crippen molar-refractivity contribution in [2.75, 3.05) is 19.6 Å². The standard InChI is InChI=1S/C24H28N2O/c27-23-22-20(18-9-3-1-4-10-18)15-24(17-25-23,26-13-7-8-14-26)16-21(22)19-11-5-2-6-12-19/h1-6,9-12,20-22H,7-8,13-17H2,(H,25,27)/t20-,21+,22?,24?. The third kappa shape index (κ3) is 2.89. The van der Waals surface area contributed by atoms with E-state index in [1.165, 1.54) is 37.1 Å². The second-order valence-electron chi connectivity index (χ2n) is 8.60. The van der Waals surface area contributed by atoms with Gasteiger partial charge in [-0.25, -0.2) is 0 Å². The van der Waals surface area contributed by atoms with E-state index in [0.29, 0.717) is 0 Å². The molecule has 0 radical (unpaired) electrons. The van der Waals surface area contributed by atoms with Crippen LogP contribution in [-0.2, 0) is 4.79 Å². The Kier molecular flexibility index (Phi) is 4.28. The Morgan fingerprint density at radius 1 is 0.815 bits per heavy atom. The van der Waals surface area contributed by atoms with Crippen LogP contribution >= 0.6 is 0 Å². The second-order valence-corrected chi connectivity index (χ2v) is 8.60. The molecule has 3 nitrogen and oxygen atoms in total. The first-order valence-electron chi connectivity index (χ1n) is 10.4. The largest absolute Gasteiger partial charge is 0.354 e. The molecule has 2 bridgehead atoms. The number of hydrogen-bond donors (Lipinski definition) is 1. The number of carbonyl (C=O) groups is 1. The maximum atomic E-state index is 13.3. The van der Waals surface area contributed by atoms with E-state index in [-0.39, 0.29) is 29.2 Å². The highest BCUT2D eigenvalue weighted by atomic mass is 16.2. The molecule has 1 amide bonds. The fourth-order valence-electron chi connectivity index (χ4n) is 5.93. The fraction of sp³-hybridized carbons (Fsp3) is 0.458. The van der Waals surface area contributed by atoms with Crippen LogP contribution in [-0.4, -0.2) is 36.0 Å². The van der Waals surface area contributed by atoms with Crippen molar-refractivity contribution in [2.24, 2.45) is 5.92 Å². The van der Waals surface area contributed by atoms with Gasteiger partial charge in [-0.15, -0.1) is 0 Å². The summed E-state index contributed by atoms with van der Waals surface area (Å²) in [5, 5.41) is 3.34. The third-order valence-electron chi connectivity index (χ3n) is 7.19. The van der Waals surface area contributed by atoms with E-state index in [1.807, 2.05) is 0 Å². The molecule has 4 fully saturated rings. The van der Waals surface area contributed by atoms with Gasteiger partial charge in [-0.3, -0.25) is 9.69 Å². The van der Waals surface area contributed by atoms with Crippen LogP contribution in [0, 0.1) is 5.92 Å². The molecule has 1 N–H and O–H groups in total. The van der Waals surface area contributed by atoms with Crippen LogP contribution in [0.15, 0.2) is 60.7 Å². The minimum Gasteiger partial charge on any atom is -0.354 e. The maximum Gasteiger partial charge on any atom is 0.224 e. The van der Waals surface area contributed by atoms with E-state index in [1.54, 1.807) is 0 Å². The predicted molar refractivity (Wildman–Crippen MR) is 108 cm³/mol. The van der Waals surface area contributed by atoms with Crippen LogP contribution in [0.1, 0.15) is 48.6 Å². The smallest absolute Gasteiger partial charge is 0.224 e. The Morgan fingerprint density at radius 3 is 1.85 bits per heavy atom. The molecule has 3 heteroatoms. The highest BCUT2D eigenvalue weighted by Crippen LogP contribution is 2.53. The van der Waals surface area contributed by atoms with Crippen LogP contribution in [0.2, 0.25) is 0 Å². The summed E-state index contributed by atoms with van der Waals surface area (Å²) in [6.07, 6.45) is 4.74. The number of fused-ring (bicyclic) bond motifs is 4. The molecule has 1 aliphatic carbocycles. The summed E-state index contributed by atoms with van der Waals surface area (Å²) < 4.78 is 0. The lowest BCUT2D eigenvalue weighted by Crippen LogP contribution is -2.55. The molecule has 6 rings (SSSR count). The van der Waals surface area contributed by atoms with Gasteiger partial charge >= 0.3 is 0 Å². The Hall–Kier alpha value is -2.13. The van der Waals surface area contributed by atoms with E-state index in [9.17, 15) is 4.79 Å². The van der Waals surface area contributed by atoms with Gasteiger partial charge in [-0.05, 0) is 61.7 Å². The molecule has 27 heavy (non-hydrogen) atoms. The summed E-state index contributed by atoms with van der Waals surface area (Å²) >= 11 is 0. The van der Waals surface area contributed by atoms with E-state index in [4.69, 9.17) is 0 Å². The molecule has 2 aromatic rings. The van der Waals surface area contributed by atoms with Crippen molar-refractivity contribution in [2.45, 2.75) is 43.1 Å². The van der Waals surface area contributed by atoms with Gasteiger partial charge in [0, 0.05) is 12.1 Å². The lowest BCUT2D eigenvalue weighted by Gasteiger charge is -2.49. The monoisotopic (exact) mass is 360 g/mol. The van der Waals surface area contributed by atoms with E-state index in [2.05, 4.69) is 70.9 Å². The van der Waals surface area contributed by atoms with Crippen molar-refractivity contribution < 1.29 is 4.79 Å². The lowest BCUT2D eigenvalue weighted by molar-refractivity contribution is -0.125. The van der Waals surface area contributed by atoms with Crippen LogP contribution in [0.5, 0.6) is 0 Å². The summed E-state index contributed by atoms with van der Waals surface area (Å²) in [5.74, 6) is 0.839. The summed E-state index contributed by atoms with van der Waals surface area (Å²) in [7, 11) is 0. The molecule has 3 saturated heterocycles. The number of rotatable bonds is 3. The molecule has 4 atom stereocenters. The highest BCUT2D eigenvalue weighted by molar-refractivity contribution is 5.82. The van der Waals surface area contributed by atoms with E-state index >= 15 is 0 Å². The molecule has 3 heterocycles. The molecule has 2 aromatic carbocycles. The van der Waals surface area contributed by atoms with Crippen molar-refractivity contribution in [1.82, 2.24) is 10.2 Å². The summed E-state index contributed by atoms with van der Waals surface area (Å²) in [5.41, 5.74) is 2.73. The van der Waals surface area contributed by atoms with Gasteiger partial charge in [0.25, 0.3) is 0 Å². The number of carbonyl (C=O) groups excluding carboxylic acids is 1. The Balaban J connectivity index is 1.63. The van der Waals surface area contributed by atoms with Gasteiger partial charge in [0.05, 0.1) is 5.92 Å². The van der Waals surface area contributed by atoms with Crippen molar-refractivity contribution in [3.8, 4) is 0 Å². The summed E-state index contributed by atoms with van der Waals surface area (Å²) in [4.78, 5) is 16.0. The zero-order chi connectivity index (χ0) is 18.3. The van der Waals surface area contributed by atoms with Crippen LogP contribution < -0.4 is 5.32 Å². The molecule has 4 aliphatic rings. The Labute approximate surface area is 161 Å². The van der Waals surface area contributed by atoms with Crippen molar-refractivity contribution in [3.05, 3.63) is 71.8 Å². The SMILES string of the molecule is O=C1NCC2(N3CCCC3)C[C@H](c3ccccc3)C1[C@H](c1ccccc1)C2. The van der Waals surface area contributed by atoms with Crippen molar-refractivity contribution >= 4 is 5.91 Å². The molecule has 2 unspecified atom stereocenters. The third-order valence-corrected chi connectivity index (χ3v) is 7.19. The summed E-state index contributed by atoms with van der Waals surface area (Å²) in [6.45, 7) is 3.14. The Morgan fingerprint density at radius 2 is 1.33 bits per heavy atom. The van der Waals surface area contributed by atoms with Crippen LogP contribution in [0.3, 0.4) is 0 Å². The van der Waals surface area contributed by atoms with Gasteiger partial charge < -0.3 is 5.32 Å². The first-order valence-corrected chi connectivity index (χ1v) is 10.4. The molecule has 3 aliphatic heterocycles. The van der Waals surface area contributed by atoms with E-state index in [0.717, 1.165) is 19.4 Å². The molecule has 0 spiro atoms. The average Bonchev–Trinajstić information content (AvgIpc) is 3.19. The average molecular weight is 361 g/mol. The molecule has 0 aromatic heterocycles. The highest BCUT2D eigenvalue weighted by Gasteiger charge is 2.54. The molecular formula is C24H28N2O. The Bertz CT molecular complexity index is 748. The zero-order valence-electron chi connectivity index (χ0n) is 15.8. The van der Waals surface area contributed by atoms with Gasteiger partial charge in [-0.1, -0.05) is 60.7 Å². The number of nitrogens with one attached hydrogen (secondary N) is 1. The second kappa shape index (κ2) is 6.79. The fourth-order valence-corrected chi connectivity index (χ4v) is 5.93.